The van der Waals surface area contributed by atoms with Gasteiger partial charge in [-0.05, 0) is 87.0 Å². The molecule has 11 rings (SSSR count). The number of hydrogen-bond acceptors (Lipinski definition) is 2. The van der Waals surface area contributed by atoms with Gasteiger partial charge in [-0.1, -0.05) is 127 Å². The van der Waals surface area contributed by atoms with Crippen molar-refractivity contribution in [2.75, 3.05) is 4.90 Å². The minimum Gasteiger partial charge on any atom is -0.436 e. The molecular formula is C45H28N2O. The molecule has 0 bridgehead atoms. The number of fused-ring (bicyclic) bond motifs is 15. The normalized spacial score (nSPS) is 13.6. The van der Waals surface area contributed by atoms with Crippen molar-refractivity contribution in [1.29, 1.82) is 0 Å². The Morgan fingerprint density at radius 2 is 0.979 bits per heavy atom. The number of nitrogens with zero attached hydrogens (tertiary/aromatic N) is 2. The molecule has 2 aliphatic rings. The molecule has 0 radical (unpaired) electrons. The van der Waals surface area contributed by atoms with E-state index in [1.165, 1.54) is 44.5 Å². The first-order valence-electron chi connectivity index (χ1n) is 16.5. The first-order chi connectivity index (χ1) is 23.8. The van der Waals surface area contributed by atoms with Crippen molar-refractivity contribution in [2.45, 2.75) is 5.41 Å². The van der Waals surface area contributed by atoms with Crippen LogP contribution < -0.4 is 4.90 Å². The van der Waals surface area contributed by atoms with Gasteiger partial charge in [0.05, 0.1) is 16.4 Å². The molecule has 3 heteroatoms. The van der Waals surface area contributed by atoms with Gasteiger partial charge in [-0.3, -0.25) is 4.40 Å². The third kappa shape index (κ3) is 3.13. The van der Waals surface area contributed by atoms with Crippen LogP contribution in [0.3, 0.4) is 0 Å². The molecule has 48 heavy (non-hydrogen) atoms. The second-order valence-electron chi connectivity index (χ2n) is 12.9. The molecule has 0 atom stereocenters. The minimum atomic E-state index is -0.422. The summed E-state index contributed by atoms with van der Waals surface area (Å²) >= 11 is 0. The van der Waals surface area contributed by atoms with Gasteiger partial charge in [0.25, 0.3) is 0 Å². The van der Waals surface area contributed by atoms with Gasteiger partial charge in [0, 0.05) is 16.8 Å². The van der Waals surface area contributed by atoms with E-state index in [0.29, 0.717) is 0 Å². The first-order valence-corrected chi connectivity index (χ1v) is 16.5. The topological polar surface area (TPSA) is 20.8 Å². The summed E-state index contributed by atoms with van der Waals surface area (Å²) in [5.41, 5.74) is 17.2. The van der Waals surface area contributed by atoms with E-state index in [1.807, 2.05) is 6.07 Å². The van der Waals surface area contributed by atoms with Crippen molar-refractivity contribution >= 4 is 44.8 Å². The summed E-state index contributed by atoms with van der Waals surface area (Å²) in [6.45, 7) is 0. The highest BCUT2D eigenvalue weighted by Gasteiger charge is 2.51. The third-order valence-electron chi connectivity index (χ3n) is 10.6. The molecule has 0 unspecified atom stereocenters. The van der Waals surface area contributed by atoms with Gasteiger partial charge in [0.15, 0.2) is 5.58 Å². The highest BCUT2D eigenvalue weighted by atomic mass is 16.3. The van der Waals surface area contributed by atoms with E-state index < -0.39 is 5.41 Å². The van der Waals surface area contributed by atoms with E-state index in [1.54, 1.807) is 0 Å². The Labute approximate surface area is 277 Å². The van der Waals surface area contributed by atoms with E-state index >= 15 is 0 Å². The third-order valence-corrected chi connectivity index (χ3v) is 10.6. The molecule has 0 amide bonds. The predicted octanol–water partition coefficient (Wildman–Crippen LogP) is 11.7. The molecule has 0 fully saturated rings. The van der Waals surface area contributed by atoms with E-state index in [-0.39, 0.29) is 0 Å². The Kier molecular flexibility index (Phi) is 5.04. The summed E-state index contributed by atoms with van der Waals surface area (Å²) in [5.74, 6) is 0. The number of para-hydroxylation sites is 4. The van der Waals surface area contributed by atoms with Gasteiger partial charge in [0.2, 0.25) is 5.71 Å². The van der Waals surface area contributed by atoms with Crippen LogP contribution >= 0.6 is 0 Å². The zero-order valence-corrected chi connectivity index (χ0v) is 26.0. The van der Waals surface area contributed by atoms with Crippen molar-refractivity contribution in [3.8, 4) is 22.3 Å². The Morgan fingerprint density at radius 1 is 0.438 bits per heavy atom. The van der Waals surface area contributed by atoms with Crippen LogP contribution in [-0.4, -0.2) is 4.40 Å². The Bertz CT molecular complexity index is 2690. The average Bonchev–Trinajstić information content (AvgIpc) is 3.86. The summed E-state index contributed by atoms with van der Waals surface area (Å²) in [6, 6.07) is 61.7. The molecule has 0 saturated heterocycles. The molecule has 3 nitrogen and oxygen atoms in total. The number of hydrogen-bond donors (Lipinski definition) is 0. The number of rotatable bonds is 3. The number of aromatic nitrogens is 1. The van der Waals surface area contributed by atoms with Gasteiger partial charge < -0.3 is 9.32 Å². The van der Waals surface area contributed by atoms with Crippen molar-refractivity contribution in [3.63, 3.8) is 0 Å². The minimum absolute atomic E-state index is 0.422. The zero-order chi connectivity index (χ0) is 31.4. The van der Waals surface area contributed by atoms with Crippen molar-refractivity contribution in [1.82, 2.24) is 4.40 Å². The smallest absolute Gasteiger partial charge is 0.230 e. The quantitative estimate of drug-likeness (QED) is 0.198. The molecule has 2 aromatic heterocycles. The summed E-state index contributed by atoms with van der Waals surface area (Å²) < 4.78 is 9.01. The molecule has 2 heterocycles. The van der Waals surface area contributed by atoms with Crippen LogP contribution in [0.4, 0.5) is 17.1 Å². The molecule has 0 N–H and O–H groups in total. The fourth-order valence-corrected chi connectivity index (χ4v) is 8.79. The largest absolute Gasteiger partial charge is 0.436 e. The lowest BCUT2D eigenvalue weighted by Gasteiger charge is -2.32. The molecule has 224 valence electrons. The highest BCUT2D eigenvalue weighted by molar-refractivity contribution is 6.09. The summed E-state index contributed by atoms with van der Waals surface area (Å²) in [7, 11) is 0. The molecule has 7 aromatic carbocycles. The van der Waals surface area contributed by atoms with Gasteiger partial charge in [-0.15, -0.1) is 0 Å². The maximum atomic E-state index is 6.74. The lowest BCUT2D eigenvalue weighted by atomic mass is 9.70. The Morgan fingerprint density at radius 3 is 1.67 bits per heavy atom. The van der Waals surface area contributed by atoms with Gasteiger partial charge in [-0.25, -0.2) is 0 Å². The highest BCUT2D eigenvalue weighted by Crippen LogP contribution is 2.63. The van der Waals surface area contributed by atoms with Crippen LogP contribution in [0.25, 0.3) is 50.0 Å². The lowest BCUT2D eigenvalue weighted by Crippen LogP contribution is -2.26. The fraction of sp³-hybridized carbons (Fsp3) is 0.0222. The maximum Gasteiger partial charge on any atom is 0.230 e. The summed E-state index contributed by atoms with van der Waals surface area (Å²) in [4.78, 5) is 2.39. The second-order valence-corrected chi connectivity index (χ2v) is 12.9. The summed E-state index contributed by atoms with van der Waals surface area (Å²) in [5, 5.41) is 1.14. The van der Waals surface area contributed by atoms with Crippen LogP contribution in [0.5, 0.6) is 0 Å². The van der Waals surface area contributed by atoms with Crippen LogP contribution in [0.1, 0.15) is 22.3 Å². The van der Waals surface area contributed by atoms with Crippen molar-refractivity contribution < 1.29 is 4.42 Å². The monoisotopic (exact) mass is 612 g/mol. The van der Waals surface area contributed by atoms with E-state index in [2.05, 4.69) is 173 Å². The van der Waals surface area contributed by atoms with Gasteiger partial charge >= 0.3 is 0 Å². The predicted molar refractivity (Wildman–Crippen MR) is 196 cm³/mol. The maximum absolute atomic E-state index is 6.74. The molecular weight excluding hydrogens is 585 g/mol. The van der Waals surface area contributed by atoms with E-state index in [9.17, 15) is 0 Å². The van der Waals surface area contributed by atoms with Crippen LogP contribution in [0.15, 0.2) is 174 Å². The zero-order valence-electron chi connectivity index (χ0n) is 26.0. The molecule has 0 saturated carbocycles. The SMILES string of the molecule is c1ccc(N(c2ccc3c(c2)C2(c4ccccc4-c4ccccc42)c2ccccc2-3)c2c3ccccc3n3c2oc2ccccc23)cc1. The Hall–Kier alpha value is -6.32. The average molecular weight is 613 g/mol. The number of benzene rings is 7. The molecule has 1 spiro atoms. The number of anilines is 3. The van der Waals surface area contributed by atoms with Crippen LogP contribution in [-0.2, 0) is 5.41 Å². The van der Waals surface area contributed by atoms with E-state index in [0.717, 1.165) is 44.8 Å². The van der Waals surface area contributed by atoms with Crippen molar-refractivity contribution in [2.24, 2.45) is 0 Å². The second kappa shape index (κ2) is 9.37. The molecule has 0 aliphatic heterocycles. The molecule has 2 aliphatic carbocycles. The number of oxazole rings is 1. The molecule has 9 aromatic rings. The van der Waals surface area contributed by atoms with Gasteiger partial charge in [0.1, 0.15) is 5.69 Å². The van der Waals surface area contributed by atoms with Gasteiger partial charge in [-0.2, -0.15) is 0 Å². The fourth-order valence-electron chi connectivity index (χ4n) is 8.79. The standard InChI is InChI=1S/C45H28N2O/c1-2-14-29(15-3-1)46(43-35-19-7-11-23-40(35)47-41-24-12-13-25-42(41)48-44(43)47)30-26-27-34-33-18-6-10-22-38(33)45(39(34)28-30)36-20-8-4-16-31(36)32-17-5-9-21-37(32)45/h1-28H. The van der Waals surface area contributed by atoms with Crippen molar-refractivity contribution in [3.05, 3.63) is 192 Å². The van der Waals surface area contributed by atoms with Crippen LogP contribution in [0, 0.1) is 0 Å². The summed E-state index contributed by atoms with van der Waals surface area (Å²) in [6.07, 6.45) is 0. The van der Waals surface area contributed by atoms with E-state index in [4.69, 9.17) is 4.42 Å². The lowest BCUT2D eigenvalue weighted by molar-refractivity contribution is 0.657. The van der Waals surface area contributed by atoms with Crippen LogP contribution in [0.2, 0.25) is 0 Å². The Balaban J connectivity index is 1.26. The first kappa shape index (κ1) is 25.8.